The van der Waals surface area contributed by atoms with Crippen molar-refractivity contribution in [3.63, 3.8) is 0 Å². The van der Waals surface area contributed by atoms with Gasteiger partial charge in [0.25, 0.3) is 0 Å². The summed E-state index contributed by atoms with van der Waals surface area (Å²) in [7, 11) is 0. The molecule has 0 radical (unpaired) electrons. The molecule has 0 bridgehead atoms. The van der Waals surface area contributed by atoms with E-state index in [1.54, 1.807) is 6.20 Å². The van der Waals surface area contributed by atoms with Crippen LogP contribution in [0.3, 0.4) is 0 Å². The van der Waals surface area contributed by atoms with Crippen LogP contribution in [0.15, 0.2) is 24.5 Å². The number of ether oxygens (including phenoxy) is 1. The van der Waals surface area contributed by atoms with Crippen LogP contribution in [-0.4, -0.2) is 34.7 Å². The molecule has 1 fully saturated rings. The third-order valence-electron chi connectivity index (χ3n) is 3.36. The van der Waals surface area contributed by atoms with E-state index in [1.165, 1.54) is 11.5 Å². The highest BCUT2D eigenvalue weighted by atomic mass is 32.1. The second kappa shape index (κ2) is 5.38. The molecule has 106 valence electrons. The summed E-state index contributed by atoms with van der Waals surface area (Å²) < 4.78 is 10.1. The summed E-state index contributed by atoms with van der Waals surface area (Å²) in [6.07, 6.45) is 4.02. The van der Waals surface area contributed by atoms with Gasteiger partial charge in [-0.05, 0) is 31.4 Å². The van der Waals surface area contributed by atoms with Crippen LogP contribution in [0, 0.1) is 0 Å². The third-order valence-corrected chi connectivity index (χ3v) is 4.28. The fourth-order valence-electron chi connectivity index (χ4n) is 2.63. The highest BCUT2D eigenvalue weighted by molar-refractivity contribution is 7.11. The number of nitrogen functional groups attached to an aromatic ring is 1. The molecule has 0 aliphatic carbocycles. The second-order valence-corrected chi connectivity index (χ2v) is 5.90. The summed E-state index contributed by atoms with van der Waals surface area (Å²) in [6.45, 7) is 5.91. The molecule has 0 aromatic carbocycles. The van der Waals surface area contributed by atoms with Crippen molar-refractivity contribution in [3.05, 3.63) is 24.5 Å². The molecular formula is C14H18N4OS. The first-order valence-electron chi connectivity index (χ1n) is 6.71. The van der Waals surface area contributed by atoms with Gasteiger partial charge in [-0.1, -0.05) is 6.07 Å². The van der Waals surface area contributed by atoms with E-state index < -0.39 is 0 Å². The first-order valence-corrected chi connectivity index (χ1v) is 7.48. The van der Waals surface area contributed by atoms with Gasteiger partial charge in [0.05, 0.1) is 17.8 Å². The molecule has 1 aliphatic rings. The molecule has 0 unspecified atom stereocenters. The molecule has 2 atom stereocenters. The van der Waals surface area contributed by atoms with Crippen LogP contribution >= 0.6 is 11.5 Å². The number of nitrogens with zero attached hydrogens (tertiary/aromatic N) is 3. The molecule has 3 heterocycles. The van der Waals surface area contributed by atoms with Crippen LogP contribution in [0.2, 0.25) is 0 Å². The predicted molar refractivity (Wildman–Crippen MR) is 82.0 cm³/mol. The fraction of sp³-hybridized carbons (Fsp3) is 0.429. The molecule has 0 spiro atoms. The standard InChI is InChI=1S/C14H18N4OS/c1-9-7-18(8-10(2)19-9)14-12(13(15)17-20-14)11-4-3-5-16-6-11/h3-6,9-10H,7-8H2,1-2H3,(H2,15,17)/t9-,10+. The maximum Gasteiger partial charge on any atom is 0.147 e. The molecule has 2 aromatic heterocycles. The van der Waals surface area contributed by atoms with Gasteiger partial charge in [-0.3, -0.25) is 4.98 Å². The Hall–Kier alpha value is -1.66. The Balaban J connectivity index is 1.99. The first-order chi connectivity index (χ1) is 9.65. The lowest BCUT2D eigenvalue weighted by atomic mass is 10.1. The highest BCUT2D eigenvalue weighted by Gasteiger charge is 2.27. The lowest BCUT2D eigenvalue weighted by molar-refractivity contribution is -0.00497. The van der Waals surface area contributed by atoms with E-state index in [0.29, 0.717) is 5.82 Å². The number of rotatable bonds is 2. The summed E-state index contributed by atoms with van der Waals surface area (Å²) >= 11 is 1.45. The van der Waals surface area contributed by atoms with E-state index in [4.69, 9.17) is 10.5 Å². The van der Waals surface area contributed by atoms with Gasteiger partial charge in [-0.15, -0.1) is 0 Å². The van der Waals surface area contributed by atoms with E-state index in [9.17, 15) is 0 Å². The van der Waals surface area contributed by atoms with Crippen LogP contribution in [-0.2, 0) is 4.74 Å². The smallest absolute Gasteiger partial charge is 0.147 e. The van der Waals surface area contributed by atoms with Gasteiger partial charge >= 0.3 is 0 Å². The van der Waals surface area contributed by atoms with Crippen LogP contribution in [0.25, 0.3) is 11.1 Å². The number of anilines is 2. The normalized spacial score (nSPS) is 23.0. The lowest BCUT2D eigenvalue weighted by Crippen LogP contribution is -2.45. The number of morpholine rings is 1. The minimum Gasteiger partial charge on any atom is -0.382 e. The third kappa shape index (κ3) is 2.48. The fourth-order valence-corrected chi connectivity index (χ4v) is 3.49. The average Bonchev–Trinajstić information content (AvgIpc) is 2.80. The number of aromatic nitrogens is 2. The number of hydrogen-bond donors (Lipinski definition) is 1. The van der Waals surface area contributed by atoms with E-state index in [-0.39, 0.29) is 12.2 Å². The molecule has 5 nitrogen and oxygen atoms in total. The van der Waals surface area contributed by atoms with Crippen LogP contribution < -0.4 is 10.6 Å². The monoisotopic (exact) mass is 290 g/mol. The van der Waals surface area contributed by atoms with Crippen LogP contribution in [0.5, 0.6) is 0 Å². The Morgan fingerprint density at radius 2 is 2.10 bits per heavy atom. The zero-order valence-electron chi connectivity index (χ0n) is 11.6. The van der Waals surface area contributed by atoms with Gasteiger partial charge in [-0.2, -0.15) is 4.37 Å². The van der Waals surface area contributed by atoms with Crippen molar-refractivity contribution < 1.29 is 4.74 Å². The molecule has 0 saturated carbocycles. The van der Waals surface area contributed by atoms with Crippen LogP contribution in [0.4, 0.5) is 10.8 Å². The van der Waals surface area contributed by atoms with Crippen molar-refractivity contribution in [2.45, 2.75) is 26.1 Å². The minimum atomic E-state index is 0.212. The molecule has 6 heteroatoms. The minimum absolute atomic E-state index is 0.212. The van der Waals surface area contributed by atoms with Crippen molar-refractivity contribution in [1.29, 1.82) is 0 Å². The topological polar surface area (TPSA) is 64.3 Å². The number of hydrogen-bond acceptors (Lipinski definition) is 6. The quantitative estimate of drug-likeness (QED) is 0.920. The molecule has 3 rings (SSSR count). The summed E-state index contributed by atoms with van der Waals surface area (Å²) in [5.74, 6) is 0.574. The maximum absolute atomic E-state index is 6.06. The van der Waals surface area contributed by atoms with Crippen molar-refractivity contribution in [3.8, 4) is 11.1 Å². The largest absolute Gasteiger partial charge is 0.382 e. The van der Waals surface area contributed by atoms with Crippen LogP contribution in [0.1, 0.15) is 13.8 Å². The Labute approximate surface area is 122 Å². The summed E-state index contributed by atoms with van der Waals surface area (Å²) in [5.41, 5.74) is 8.07. The predicted octanol–water partition coefficient (Wildman–Crippen LogP) is 2.40. The maximum atomic E-state index is 6.06. The highest BCUT2D eigenvalue weighted by Crippen LogP contribution is 2.39. The SMILES string of the molecule is C[C@@H]1CN(c2snc(N)c2-c2cccnc2)C[C@H](C)O1. The summed E-state index contributed by atoms with van der Waals surface area (Å²) in [5, 5.41) is 1.11. The summed E-state index contributed by atoms with van der Waals surface area (Å²) in [4.78, 5) is 6.49. The van der Waals surface area contributed by atoms with Gasteiger partial charge in [-0.25, -0.2) is 0 Å². The Bertz CT molecular complexity index is 576. The number of pyridine rings is 1. The van der Waals surface area contributed by atoms with Crippen molar-refractivity contribution in [2.75, 3.05) is 23.7 Å². The Morgan fingerprint density at radius 1 is 1.35 bits per heavy atom. The van der Waals surface area contributed by atoms with Crippen molar-refractivity contribution in [2.24, 2.45) is 0 Å². The Morgan fingerprint density at radius 3 is 2.75 bits per heavy atom. The van der Waals surface area contributed by atoms with E-state index in [0.717, 1.165) is 29.2 Å². The Kier molecular flexibility index (Phi) is 3.58. The molecule has 0 amide bonds. The lowest BCUT2D eigenvalue weighted by Gasteiger charge is -2.36. The van der Waals surface area contributed by atoms with Gasteiger partial charge in [0, 0.05) is 31.0 Å². The molecule has 1 aliphatic heterocycles. The van der Waals surface area contributed by atoms with E-state index in [2.05, 4.69) is 28.1 Å². The molecule has 2 N–H and O–H groups in total. The molecule has 1 saturated heterocycles. The van der Waals surface area contributed by atoms with Gasteiger partial charge in [0.15, 0.2) is 0 Å². The average molecular weight is 290 g/mol. The molecule has 20 heavy (non-hydrogen) atoms. The summed E-state index contributed by atoms with van der Waals surface area (Å²) in [6, 6.07) is 3.94. The van der Waals surface area contributed by atoms with Gasteiger partial charge < -0.3 is 15.4 Å². The van der Waals surface area contributed by atoms with E-state index >= 15 is 0 Å². The van der Waals surface area contributed by atoms with Crippen molar-refractivity contribution >= 4 is 22.4 Å². The van der Waals surface area contributed by atoms with Gasteiger partial charge in [0.2, 0.25) is 0 Å². The molecular weight excluding hydrogens is 272 g/mol. The first kappa shape index (κ1) is 13.3. The molecule has 2 aromatic rings. The second-order valence-electron chi connectivity index (χ2n) is 5.15. The van der Waals surface area contributed by atoms with Gasteiger partial charge in [0.1, 0.15) is 10.8 Å². The van der Waals surface area contributed by atoms with E-state index in [1.807, 2.05) is 18.3 Å². The number of nitrogens with two attached hydrogens (primary N) is 1. The van der Waals surface area contributed by atoms with Crippen molar-refractivity contribution in [1.82, 2.24) is 9.36 Å². The zero-order valence-corrected chi connectivity index (χ0v) is 12.4. The zero-order chi connectivity index (χ0) is 14.1.